The first-order chi connectivity index (χ1) is 9.15. The van der Waals surface area contributed by atoms with E-state index < -0.39 is 0 Å². The lowest BCUT2D eigenvalue weighted by Crippen LogP contribution is -2.20. The highest BCUT2D eigenvalue weighted by Gasteiger charge is 2.03. The van der Waals surface area contributed by atoms with Crippen molar-refractivity contribution in [3.05, 3.63) is 47.8 Å². The minimum atomic E-state index is 0.665. The van der Waals surface area contributed by atoms with Gasteiger partial charge in [0, 0.05) is 24.6 Å². The monoisotopic (exact) mass is 258 g/mol. The van der Waals surface area contributed by atoms with Crippen LogP contribution in [0, 0.1) is 12.8 Å². The molecule has 0 aliphatic heterocycles. The van der Waals surface area contributed by atoms with Crippen LogP contribution in [0.25, 0.3) is 0 Å². The van der Waals surface area contributed by atoms with Gasteiger partial charge >= 0.3 is 0 Å². The lowest BCUT2D eigenvalue weighted by molar-refractivity contribution is 0.539. The van der Waals surface area contributed by atoms with E-state index in [0.29, 0.717) is 5.92 Å². The van der Waals surface area contributed by atoms with Crippen molar-refractivity contribution >= 4 is 0 Å². The summed E-state index contributed by atoms with van der Waals surface area (Å²) in [6.07, 6.45) is 5.74. The van der Waals surface area contributed by atoms with E-state index in [2.05, 4.69) is 39.8 Å². The Hall–Kier alpha value is -1.68. The lowest BCUT2D eigenvalue weighted by Gasteiger charge is -2.10. The topological polar surface area (TPSA) is 42.7 Å². The molecule has 4 heteroatoms. The molecule has 2 aromatic rings. The van der Waals surface area contributed by atoms with Crippen LogP contribution in [0.4, 0.5) is 0 Å². The summed E-state index contributed by atoms with van der Waals surface area (Å²) in [5, 5.41) is 3.45. The molecule has 102 valence electrons. The van der Waals surface area contributed by atoms with Gasteiger partial charge in [0.1, 0.15) is 0 Å². The SMILES string of the molecule is Cc1ccc(Cn2cncc2CNCC(C)C)cn1. The third-order valence-corrected chi connectivity index (χ3v) is 2.98. The molecule has 0 aliphatic carbocycles. The first-order valence-electron chi connectivity index (χ1n) is 6.76. The molecule has 19 heavy (non-hydrogen) atoms. The Bertz CT molecular complexity index is 499. The van der Waals surface area contributed by atoms with Crippen LogP contribution in [0.5, 0.6) is 0 Å². The molecule has 0 saturated carbocycles. The molecule has 0 atom stereocenters. The van der Waals surface area contributed by atoms with Crippen molar-refractivity contribution in [2.24, 2.45) is 5.92 Å². The molecule has 0 unspecified atom stereocenters. The zero-order valence-corrected chi connectivity index (χ0v) is 11.9. The van der Waals surface area contributed by atoms with Gasteiger partial charge in [0.05, 0.1) is 18.6 Å². The molecule has 2 heterocycles. The van der Waals surface area contributed by atoms with E-state index in [0.717, 1.165) is 25.3 Å². The van der Waals surface area contributed by atoms with Gasteiger partial charge in [-0.2, -0.15) is 0 Å². The van der Waals surface area contributed by atoms with E-state index in [-0.39, 0.29) is 0 Å². The number of imidazole rings is 1. The highest BCUT2D eigenvalue weighted by Crippen LogP contribution is 2.06. The second kappa shape index (κ2) is 6.48. The number of hydrogen-bond donors (Lipinski definition) is 1. The van der Waals surface area contributed by atoms with E-state index in [4.69, 9.17) is 0 Å². The molecule has 0 fully saturated rings. The summed E-state index contributed by atoms with van der Waals surface area (Å²) in [4.78, 5) is 8.56. The Labute approximate surface area is 114 Å². The Morgan fingerprint density at radius 1 is 1.26 bits per heavy atom. The van der Waals surface area contributed by atoms with Crippen LogP contribution in [-0.2, 0) is 13.1 Å². The summed E-state index contributed by atoms with van der Waals surface area (Å²) >= 11 is 0. The normalized spacial score (nSPS) is 11.2. The highest BCUT2D eigenvalue weighted by atomic mass is 15.1. The van der Waals surface area contributed by atoms with Gasteiger partial charge < -0.3 is 9.88 Å². The zero-order valence-electron chi connectivity index (χ0n) is 11.9. The highest BCUT2D eigenvalue weighted by molar-refractivity contribution is 5.14. The summed E-state index contributed by atoms with van der Waals surface area (Å²) in [5.41, 5.74) is 3.46. The van der Waals surface area contributed by atoms with Gasteiger partial charge in [-0.05, 0) is 31.0 Å². The second-order valence-electron chi connectivity index (χ2n) is 5.35. The molecule has 0 radical (unpaired) electrons. The summed E-state index contributed by atoms with van der Waals surface area (Å²) in [7, 11) is 0. The molecule has 0 aliphatic rings. The summed E-state index contributed by atoms with van der Waals surface area (Å²) in [5.74, 6) is 0.665. The standard InChI is InChI=1S/C15H22N4/c1-12(2)6-16-8-15-9-17-11-19(15)10-14-5-4-13(3)18-7-14/h4-5,7,9,11-12,16H,6,8,10H2,1-3H3. The maximum atomic E-state index is 4.33. The van der Waals surface area contributed by atoms with E-state index in [1.54, 1.807) is 0 Å². The van der Waals surface area contributed by atoms with Gasteiger partial charge in [-0.1, -0.05) is 19.9 Å². The van der Waals surface area contributed by atoms with Crippen molar-refractivity contribution in [3.63, 3.8) is 0 Å². The predicted molar refractivity (Wildman–Crippen MR) is 76.8 cm³/mol. The van der Waals surface area contributed by atoms with Gasteiger partial charge in [-0.15, -0.1) is 0 Å². The minimum Gasteiger partial charge on any atom is -0.329 e. The van der Waals surface area contributed by atoms with Gasteiger partial charge in [0.15, 0.2) is 0 Å². The average Bonchev–Trinajstić information content (AvgIpc) is 2.79. The van der Waals surface area contributed by atoms with Crippen molar-refractivity contribution in [2.45, 2.75) is 33.9 Å². The van der Waals surface area contributed by atoms with Crippen LogP contribution in [0.3, 0.4) is 0 Å². The molecule has 0 amide bonds. The van der Waals surface area contributed by atoms with Crippen molar-refractivity contribution in [1.82, 2.24) is 19.9 Å². The molecule has 2 aromatic heterocycles. The van der Waals surface area contributed by atoms with Crippen LogP contribution in [-0.4, -0.2) is 21.1 Å². The zero-order chi connectivity index (χ0) is 13.7. The second-order valence-corrected chi connectivity index (χ2v) is 5.35. The fourth-order valence-electron chi connectivity index (χ4n) is 1.92. The van der Waals surface area contributed by atoms with Crippen molar-refractivity contribution in [2.75, 3.05) is 6.54 Å². The number of hydrogen-bond acceptors (Lipinski definition) is 3. The third kappa shape index (κ3) is 4.17. The van der Waals surface area contributed by atoms with Crippen LogP contribution >= 0.6 is 0 Å². The maximum absolute atomic E-state index is 4.33. The summed E-state index contributed by atoms with van der Waals surface area (Å²) in [6.45, 7) is 9.13. The van der Waals surface area contributed by atoms with Crippen molar-refractivity contribution < 1.29 is 0 Å². The number of nitrogens with one attached hydrogen (secondary N) is 1. The molecule has 2 rings (SSSR count). The Morgan fingerprint density at radius 2 is 2.11 bits per heavy atom. The minimum absolute atomic E-state index is 0.665. The number of aromatic nitrogens is 3. The summed E-state index contributed by atoms with van der Waals surface area (Å²) in [6, 6.07) is 4.16. The van der Waals surface area contributed by atoms with E-state index in [9.17, 15) is 0 Å². The molecule has 0 bridgehead atoms. The average molecular weight is 258 g/mol. The maximum Gasteiger partial charge on any atom is 0.0951 e. The summed E-state index contributed by atoms with van der Waals surface area (Å²) < 4.78 is 2.17. The molecule has 0 spiro atoms. The van der Waals surface area contributed by atoms with Gasteiger partial charge in [0.2, 0.25) is 0 Å². The van der Waals surface area contributed by atoms with E-state index in [1.165, 1.54) is 11.3 Å². The number of nitrogens with zero attached hydrogens (tertiary/aromatic N) is 3. The Morgan fingerprint density at radius 3 is 2.79 bits per heavy atom. The third-order valence-electron chi connectivity index (χ3n) is 2.98. The van der Waals surface area contributed by atoms with Crippen molar-refractivity contribution in [3.8, 4) is 0 Å². The molecule has 0 aromatic carbocycles. The smallest absolute Gasteiger partial charge is 0.0951 e. The molecular weight excluding hydrogens is 236 g/mol. The van der Waals surface area contributed by atoms with Crippen LogP contribution in [0.1, 0.15) is 30.8 Å². The number of aryl methyl sites for hydroxylation is 1. The first kappa shape index (κ1) is 13.7. The largest absolute Gasteiger partial charge is 0.329 e. The lowest BCUT2D eigenvalue weighted by atomic mass is 10.2. The molecule has 1 N–H and O–H groups in total. The Kier molecular flexibility index (Phi) is 4.68. The fraction of sp³-hybridized carbons (Fsp3) is 0.467. The Balaban J connectivity index is 1.97. The molecular formula is C15H22N4. The van der Waals surface area contributed by atoms with Crippen LogP contribution < -0.4 is 5.32 Å². The van der Waals surface area contributed by atoms with Crippen LogP contribution in [0.15, 0.2) is 30.9 Å². The first-order valence-corrected chi connectivity index (χ1v) is 6.76. The number of pyridine rings is 1. The predicted octanol–water partition coefficient (Wildman–Crippen LogP) is 2.38. The quantitative estimate of drug-likeness (QED) is 0.865. The van der Waals surface area contributed by atoms with Crippen LogP contribution in [0.2, 0.25) is 0 Å². The number of rotatable bonds is 6. The fourth-order valence-corrected chi connectivity index (χ4v) is 1.92. The van der Waals surface area contributed by atoms with E-state index in [1.807, 2.05) is 31.7 Å². The van der Waals surface area contributed by atoms with Gasteiger partial charge in [-0.3, -0.25) is 4.98 Å². The van der Waals surface area contributed by atoms with Crippen molar-refractivity contribution in [1.29, 1.82) is 0 Å². The molecule has 4 nitrogen and oxygen atoms in total. The van der Waals surface area contributed by atoms with Gasteiger partial charge in [0.25, 0.3) is 0 Å². The van der Waals surface area contributed by atoms with E-state index >= 15 is 0 Å². The molecule has 0 saturated heterocycles. The van der Waals surface area contributed by atoms with Gasteiger partial charge in [-0.25, -0.2) is 4.98 Å².